The van der Waals surface area contributed by atoms with Crippen molar-refractivity contribution in [2.75, 3.05) is 0 Å². The van der Waals surface area contributed by atoms with Crippen LogP contribution < -0.4 is 0 Å². The van der Waals surface area contributed by atoms with Gasteiger partial charge >= 0.3 is 0 Å². The van der Waals surface area contributed by atoms with Gasteiger partial charge in [0.05, 0.1) is 0 Å². The van der Waals surface area contributed by atoms with Crippen molar-refractivity contribution in [2.24, 2.45) is 0 Å². The summed E-state index contributed by atoms with van der Waals surface area (Å²) in [5.41, 5.74) is 2.22. The lowest BCUT2D eigenvalue weighted by Gasteiger charge is -2.05. The van der Waals surface area contributed by atoms with Gasteiger partial charge < -0.3 is 0 Å². The zero-order valence-corrected chi connectivity index (χ0v) is 11.7. The third-order valence-electron chi connectivity index (χ3n) is 2.98. The van der Waals surface area contributed by atoms with E-state index in [0.29, 0.717) is 10.6 Å². The molecular weight excluding hydrogens is 282 g/mol. The van der Waals surface area contributed by atoms with Gasteiger partial charge in [-0.05, 0) is 41.8 Å². The van der Waals surface area contributed by atoms with Gasteiger partial charge in [0.25, 0.3) is 0 Å². The molecular formula is C16H13ClF2O. The zero-order chi connectivity index (χ0) is 14.7. The highest BCUT2D eigenvalue weighted by Crippen LogP contribution is 2.19. The summed E-state index contributed by atoms with van der Waals surface area (Å²) in [5, 5.41) is 0.545. The van der Waals surface area contributed by atoms with Crippen LogP contribution in [-0.2, 0) is 17.6 Å². The van der Waals surface area contributed by atoms with Gasteiger partial charge in [-0.1, -0.05) is 29.8 Å². The summed E-state index contributed by atoms with van der Waals surface area (Å²) in [5.74, 6) is -1.95. The highest BCUT2D eigenvalue weighted by molar-refractivity contribution is 6.31. The van der Waals surface area contributed by atoms with Gasteiger partial charge in [-0.25, -0.2) is 8.78 Å². The Bertz CT molecular complexity index is 653. The van der Waals surface area contributed by atoms with E-state index in [4.69, 9.17) is 11.6 Å². The van der Waals surface area contributed by atoms with Crippen molar-refractivity contribution >= 4 is 17.4 Å². The maximum absolute atomic E-state index is 13.1. The molecule has 0 aliphatic carbocycles. The van der Waals surface area contributed by atoms with E-state index >= 15 is 0 Å². The Kier molecular flexibility index (Phi) is 4.50. The number of hydrogen-bond donors (Lipinski definition) is 0. The molecule has 4 heteroatoms. The molecule has 0 radical (unpaired) electrons. The lowest BCUT2D eigenvalue weighted by atomic mass is 10.0. The molecule has 0 saturated carbocycles. The Hall–Kier alpha value is -1.74. The predicted octanol–water partition coefficient (Wildman–Crippen LogP) is 4.28. The van der Waals surface area contributed by atoms with E-state index in [1.807, 2.05) is 13.0 Å². The maximum atomic E-state index is 13.1. The van der Waals surface area contributed by atoms with Crippen molar-refractivity contribution in [3.8, 4) is 0 Å². The van der Waals surface area contributed by atoms with E-state index < -0.39 is 11.6 Å². The van der Waals surface area contributed by atoms with Gasteiger partial charge in [0.1, 0.15) is 5.78 Å². The number of Topliss-reactive ketones (excluding diaryl/α,β-unsaturated/α-hetero) is 1. The number of halogens is 3. The van der Waals surface area contributed by atoms with Gasteiger partial charge in [0, 0.05) is 17.9 Å². The van der Waals surface area contributed by atoms with Crippen LogP contribution in [0.2, 0.25) is 5.02 Å². The molecule has 0 heterocycles. The van der Waals surface area contributed by atoms with Crippen molar-refractivity contribution in [3.05, 3.63) is 69.7 Å². The molecule has 0 aliphatic heterocycles. The number of carbonyl (C=O) groups is 1. The topological polar surface area (TPSA) is 17.1 Å². The molecule has 1 nitrogen and oxygen atoms in total. The Morgan fingerprint density at radius 1 is 1.05 bits per heavy atom. The molecule has 0 bridgehead atoms. The van der Waals surface area contributed by atoms with Crippen molar-refractivity contribution in [1.29, 1.82) is 0 Å². The smallest absolute Gasteiger partial charge is 0.159 e. The van der Waals surface area contributed by atoms with Crippen LogP contribution in [0.25, 0.3) is 0 Å². The molecule has 0 saturated heterocycles. The lowest BCUT2D eigenvalue weighted by molar-refractivity contribution is -0.117. The zero-order valence-electron chi connectivity index (χ0n) is 10.9. The predicted molar refractivity (Wildman–Crippen MR) is 75.0 cm³/mol. The molecule has 104 valence electrons. The molecule has 0 atom stereocenters. The number of rotatable bonds is 4. The molecule has 0 amide bonds. The Labute approximate surface area is 121 Å². The second-order valence-electron chi connectivity index (χ2n) is 4.74. The molecule has 2 aromatic rings. The van der Waals surface area contributed by atoms with Crippen molar-refractivity contribution in [2.45, 2.75) is 19.8 Å². The first-order chi connectivity index (χ1) is 9.45. The molecule has 0 unspecified atom stereocenters. The van der Waals surface area contributed by atoms with Crippen molar-refractivity contribution in [3.63, 3.8) is 0 Å². The molecule has 0 N–H and O–H groups in total. The van der Waals surface area contributed by atoms with Crippen molar-refractivity contribution in [1.82, 2.24) is 0 Å². The number of carbonyl (C=O) groups excluding carboxylic acids is 1. The third kappa shape index (κ3) is 3.64. The normalized spacial score (nSPS) is 10.6. The molecule has 0 fully saturated rings. The minimum Gasteiger partial charge on any atom is -0.299 e. The Morgan fingerprint density at radius 2 is 1.80 bits per heavy atom. The molecule has 0 spiro atoms. The van der Waals surface area contributed by atoms with Gasteiger partial charge in [0.15, 0.2) is 11.6 Å². The molecule has 20 heavy (non-hydrogen) atoms. The van der Waals surface area contributed by atoms with Crippen LogP contribution in [0.5, 0.6) is 0 Å². The Balaban J connectivity index is 2.07. The quantitative estimate of drug-likeness (QED) is 0.822. The van der Waals surface area contributed by atoms with E-state index in [-0.39, 0.29) is 18.6 Å². The number of hydrogen-bond acceptors (Lipinski definition) is 1. The minimum absolute atomic E-state index is 0.0569. The summed E-state index contributed by atoms with van der Waals surface area (Å²) in [4.78, 5) is 11.9. The van der Waals surface area contributed by atoms with Crippen LogP contribution in [0.15, 0.2) is 36.4 Å². The first-order valence-electron chi connectivity index (χ1n) is 6.16. The second kappa shape index (κ2) is 6.14. The lowest BCUT2D eigenvalue weighted by Crippen LogP contribution is -2.07. The standard InChI is InChI=1S/C16H13ClF2O/c1-10-2-4-12(14(17)6-10)9-13(20)7-11-3-5-15(18)16(19)8-11/h2-6,8H,7,9H2,1H3. The summed E-state index contributed by atoms with van der Waals surface area (Å²) < 4.78 is 25.9. The van der Waals surface area contributed by atoms with Gasteiger partial charge in [0.2, 0.25) is 0 Å². The third-order valence-corrected chi connectivity index (χ3v) is 3.33. The molecule has 0 aliphatic rings. The minimum atomic E-state index is -0.941. The SMILES string of the molecule is Cc1ccc(CC(=O)Cc2ccc(F)c(F)c2)c(Cl)c1. The van der Waals surface area contributed by atoms with Crippen LogP contribution >= 0.6 is 11.6 Å². The van der Waals surface area contributed by atoms with Crippen LogP contribution in [0.3, 0.4) is 0 Å². The fraction of sp³-hybridized carbons (Fsp3) is 0.188. The van der Waals surface area contributed by atoms with Crippen LogP contribution in [0.1, 0.15) is 16.7 Å². The highest BCUT2D eigenvalue weighted by Gasteiger charge is 2.10. The summed E-state index contributed by atoms with van der Waals surface area (Å²) in [6, 6.07) is 8.96. The monoisotopic (exact) mass is 294 g/mol. The Morgan fingerprint density at radius 3 is 2.45 bits per heavy atom. The number of aryl methyl sites for hydroxylation is 1. The van der Waals surface area contributed by atoms with E-state index in [9.17, 15) is 13.6 Å². The van der Waals surface area contributed by atoms with E-state index in [0.717, 1.165) is 23.3 Å². The van der Waals surface area contributed by atoms with E-state index in [1.54, 1.807) is 12.1 Å². The largest absolute Gasteiger partial charge is 0.299 e. The van der Waals surface area contributed by atoms with E-state index in [1.165, 1.54) is 6.07 Å². The first kappa shape index (κ1) is 14.7. The average molecular weight is 295 g/mol. The average Bonchev–Trinajstić information content (AvgIpc) is 2.37. The van der Waals surface area contributed by atoms with Gasteiger partial charge in [-0.3, -0.25) is 4.79 Å². The summed E-state index contributed by atoms with van der Waals surface area (Å²) >= 11 is 6.06. The summed E-state index contributed by atoms with van der Waals surface area (Å²) in [6.07, 6.45) is 0.236. The summed E-state index contributed by atoms with van der Waals surface area (Å²) in [6.45, 7) is 1.92. The molecule has 2 aromatic carbocycles. The highest BCUT2D eigenvalue weighted by atomic mass is 35.5. The summed E-state index contributed by atoms with van der Waals surface area (Å²) in [7, 11) is 0. The number of ketones is 1. The first-order valence-corrected chi connectivity index (χ1v) is 6.54. The number of benzene rings is 2. The molecule has 2 rings (SSSR count). The van der Waals surface area contributed by atoms with Gasteiger partial charge in [-0.2, -0.15) is 0 Å². The fourth-order valence-corrected chi connectivity index (χ4v) is 2.25. The van der Waals surface area contributed by atoms with Crippen LogP contribution in [-0.4, -0.2) is 5.78 Å². The second-order valence-corrected chi connectivity index (χ2v) is 5.14. The van der Waals surface area contributed by atoms with Crippen LogP contribution in [0, 0.1) is 18.6 Å². The fourth-order valence-electron chi connectivity index (χ4n) is 1.95. The van der Waals surface area contributed by atoms with E-state index in [2.05, 4.69) is 0 Å². The van der Waals surface area contributed by atoms with Gasteiger partial charge in [-0.15, -0.1) is 0 Å². The molecule has 0 aromatic heterocycles. The van der Waals surface area contributed by atoms with Crippen molar-refractivity contribution < 1.29 is 13.6 Å². The van der Waals surface area contributed by atoms with Crippen LogP contribution in [0.4, 0.5) is 8.78 Å². The maximum Gasteiger partial charge on any atom is 0.159 e.